The molecule has 1 amide bonds. The second-order valence-corrected chi connectivity index (χ2v) is 10.6. The number of amides is 1. The highest BCUT2D eigenvalue weighted by Gasteiger charge is 2.42. The lowest BCUT2D eigenvalue weighted by Gasteiger charge is -2.39. The number of halogens is 3. The number of fused-ring (bicyclic) bond motifs is 1. The molecule has 3 aliphatic heterocycles. The van der Waals surface area contributed by atoms with E-state index in [0.29, 0.717) is 24.5 Å². The van der Waals surface area contributed by atoms with Crippen molar-refractivity contribution in [3.63, 3.8) is 0 Å². The smallest absolute Gasteiger partial charge is 0.381 e. The third-order valence-corrected chi connectivity index (χ3v) is 8.04. The van der Waals surface area contributed by atoms with Crippen molar-refractivity contribution < 1.29 is 22.7 Å². The van der Waals surface area contributed by atoms with Crippen LogP contribution in [0.25, 0.3) is 0 Å². The van der Waals surface area contributed by atoms with Gasteiger partial charge in [0.05, 0.1) is 31.2 Å². The summed E-state index contributed by atoms with van der Waals surface area (Å²) in [4.78, 5) is 17.3. The number of ether oxygens (including phenoxy) is 1. The average molecular weight is 526 g/mol. The van der Waals surface area contributed by atoms with Gasteiger partial charge in [-0.1, -0.05) is 19.1 Å². The molecule has 0 unspecified atom stereocenters. The molecule has 2 aromatic carbocycles. The summed E-state index contributed by atoms with van der Waals surface area (Å²) in [5, 5.41) is 8.34. The van der Waals surface area contributed by atoms with Gasteiger partial charge in [0.15, 0.2) is 0 Å². The number of hydrogen-bond donors (Lipinski definition) is 0. The number of nitrogens with zero attached hydrogens (tertiary/aromatic N) is 5. The van der Waals surface area contributed by atoms with Crippen molar-refractivity contribution in [2.24, 2.45) is 13.0 Å². The van der Waals surface area contributed by atoms with E-state index in [2.05, 4.69) is 22.0 Å². The first kappa shape index (κ1) is 25.1. The molecule has 0 aliphatic carbocycles. The van der Waals surface area contributed by atoms with Crippen LogP contribution in [0.3, 0.4) is 0 Å². The number of benzene rings is 2. The molecule has 0 N–H and O–H groups in total. The molecule has 2 fully saturated rings. The van der Waals surface area contributed by atoms with Crippen molar-refractivity contribution in [1.82, 2.24) is 19.7 Å². The van der Waals surface area contributed by atoms with Crippen molar-refractivity contribution >= 4 is 11.6 Å². The Morgan fingerprint density at radius 3 is 2.58 bits per heavy atom. The van der Waals surface area contributed by atoms with E-state index in [1.54, 1.807) is 18.5 Å². The number of anilines is 1. The molecule has 0 saturated carbocycles. The third kappa shape index (κ3) is 4.29. The lowest BCUT2D eigenvalue weighted by atomic mass is 9.83. The minimum atomic E-state index is -4.54. The molecule has 10 heteroatoms. The van der Waals surface area contributed by atoms with E-state index in [1.165, 1.54) is 11.0 Å². The maximum atomic E-state index is 14.2. The Hall–Kier alpha value is -3.24. The summed E-state index contributed by atoms with van der Waals surface area (Å²) >= 11 is 0. The fraction of sp³-hybridized carbons (Fsp3) is 0.464. The highest BCUT2D eigenvalue weighted by molar-refractivity contribution is 6.10. The fourth-order valence-corrected chi connectivity index (χ4v) is 5.95. The van der Waals surface area contributed by atoms with E-state index >= 15 is 0 Å². The molecule has 2 saturated heterocycles. The van der Waals surface area contributed by atoms with E-state index in [9.17, 15) is 18.0 Å². The van der Waals surface area contributed by atoms with Crippen molar-refractivity contribution in [3.05, 3.63) is 76.4 Å². The molecule has 0 bridgehead atoms. The Morgan fingerprint density at radius 1 is 1.16 bits per heavy atom. The third-order valence-electron chi connectivity index (χ3n) is 8.04. The van der Waals surface area contributed by atoms with Crippen molar-refractivity contribution in [1.29, 1.82) is 0 Å². The molecule has 0 spiro atoms. The topological polar surface area (TPSA) is 63.5 Å². The summed E-state index contributed by atoms with van der Waals surface area (Å²) in [6, 6.07) is 10.4. The van der Waals surface area contributed by atoms with Gasteiger partial charge in [0.1, 0.15) is 12.2 Å². The van der Waals surface area contributed by atoms with E-state index < -0.39 is 17.6 Å². The number of hydrogen-bond acceptors (Lipinski definition) is 5. The largest absolute Gasteiger partial charge is 0.416 e. The SMILES string of the molecule is CCCN1CC(c2cc3c(c(C(F)(F)F)c2)CN(c2cccc([C@H](c4nncn4C)C4COC4)c2)C3=O)C1. The van der Waals surface area contributed by atoms with Crippen molar-refractivity contribution in [2.45, 2.75) is 37.9 Å². The highest BCUT2D eigenvalue weighted by atomic mass is 19.4. The van der Waals surface area contributed by atoms with Crippen LogP contribution in [0, 0.1) is 5.92 Å². The zero-order valence-electron chi connectivity index (χ0n) is 21.4. The van der Waals surface area contributed by atoms with Crippen LogP contribution in [0.4, 0.5) is 18.9 Å². The predicted octanol–water partition coefficient (Wildman–Crippen LogP) is 4.58. The summed E-state index contributed by atoms with van der Waals surface area (Å²) < 4.78 is 49.9. The van der Waals surface area contributed by atoms with Gasteiger partial charge in [0, 0.05) is 43.2 Å². The number of likely N-dealkylation sites (tertiary alicyclic amines) is 1. The molecule has 7 nitrogen and oxygen atoms in total. The van der Waals surface area contributed by atoms with Gasteiger partial charge >= 0.3 is 6.18 Å². The number of aromatic nitrogens is 3. The molecule has 200 valence electrons. The van der Waals surface area contributed by atoms with Crippen LogP contribution < -0.4 is 4.90 Å². The molecule has 6 rings (SSSR count). The number of alkyl halides is 3. The van der Waals surface area contributed by atoms with Crippen LogP contribution in [0.2, 0.25) is 0 Å². The van der Waals surface area contributed by atoms with E-state index in [-0.39, 0.29) is 35.4 Å². The van der Waals surface area contributed by atoms with Crippen LogP contribution in [0.1, 0.15) is 63.6 Å². The standard InChI is InChI=1S/C28H30F3N5O2/c1-3-7-35-11-19(12-35)18-9-22-23(24(10-18)28(29,30)31)13-36(27(22)37)21-6-4-5-17(8-21)25(20-14-38-15-20)26-33-32-16-34(26)2/h4-6,8-10,16,19-20,25H,3,7,11-15H2,1-2H3/t25-/m0/s1. The minimum Gasteiger partial charge on any atom is -0.381 e. The Kier molecular flexibility index (Phi) is 6.26. The number of aryl methyl sites for hydroxylation is 1. The lowest BCUT2D eigenvalue weighted by Crippen LogP contribution is -2.45. The van der Waals surface area contributed by atoms with Gasteiger partial charge in [0.2, 0.25) is 0 Å². The van der Waals surface area contributed by atoms with Gasteiger partial charge in [-0.2, -0.15) is 13.2 Å². The second kappa shape index (κ2) is 9.50. The number of rotatable bonds is 7. The monoisotopic (exact) mass is 525 g/mol. The van der Waals surface area contributed by atoms with Gasteiger partial charge in [-0.3, -0.25) is 4.79 Å². The second-order valence-electron chi connectivity index (χ2n) is 10.6. The maximum absolute atomic E-state index is 14.2. The van der Waals surface area contributed by atoms with Crippen LogP contribution in [-0.4, -0.2) is 58.4 Å². The normalized spacial score (nSPS) is 19.4. The molecule has 0 radical (unpaired) electrons. The quantitative estimate of drug-likeness (QED) is 0.452. The molecular weight excluding hydrogens is 495 g/mol. The van der Waals surface area contributed by atoms with Gasteiger partial charge in [-0.15, -0.1) is 10.2 Å². The van der Waals surface area contributed by atoms with Crippen LogP contribution in [-0.2, 0) is 24.5 Å². The van der Waals surface area contributed by atoms with Gasteiger partial charge in [-0.05, 0) is 53.9 Å². The molecule has 38 heavy (non-hydrogen) atoms. The Morgan fingerprint density at radius 2 is 1.95 bits per heavy atom. The van der Waals surface area contributed by atoms with E-state index in [0.717, 1.165) is 37.4 Å². The summed E-state index contributed by atoms with van der Waals surface area (Å²) in [6.45, 7) is 5.52. The molecular formula is C28H30F3N5O2. The average Bonchev–Trinajstić information content (AvgIpc) is 3.40. The van der Waals surface area contributed by atoms with Crippen molar-refractivity contribution in [2.75, 3.05) is 37.7 Å². The van der Waals surface area contributed by atoms with E-state index in [4.69, 9.17) is 4.74 Å². The molecule has 1 aromatic heterocycles. The first-order valence-corrected chi connectivity index (χ1v) is 13.0. The van der Waals surface area contributed by atoms with Gasteiger partial charge in [0.25, 0.3) is 5.91 Å². The first-order chi connectivity index (χ1) is 18.2. The molecule has 4 heterocycles. The van der Waals surface area contributed by atoms with Crippen LogP contribution >= 0.6 is 0 Å². The van der Waals surface area contributed by atoms with Gasteiger partial charge in [-0.25, -0.2) is 0 Å². The first-order valence-electron chi connectivity index (χ1n) is 13.0. The summed E-state index contributed by atoms with van der Waals surface area (Å²) in [7, 11) is 1.88. The van der Waals surface area contributed by atoms with Gasteiger partial charge < -0.3 is 19.1 Å². The number of carbonyl (C=O) groups is 1. The molecule has 1 atom stereocenters. The zero-order chi connectivity index (χ0) is 26.6. The van der Waals surface area contributed by atoms with Crippen molar-refractivity contribution in [3.8, 4) is 0 Å². The number of carbonyl (C=O) groups excluding carboxylic acids is 1. The molecule has 3 aromatic rings. The lowest BCUT2D eigenvalue weighted by molar-refractivity contribution is -0.138. The maximum Gasteiger partial charge on any atom is 0.416 e. The fourth-order valence-electron chi connectivity index (χ4n) is 5.95. The van der Waals surface area contributed by atoms with Crippen LogP contribution in [0.15, 0.2) is 42.7 Å². The predicted molar refractivity (Wildman–Crippen MR) is 135 cm³/mol. The zero-order valence-corrected chi connectivity index (χ0v) is 21.4. The highest BCUT2D eigenvalue weighted by Crippen LogP contribution is 2.43. The Bertz CT molecular complexity index is 1360. The Labute approximate surface area is 219 Å². The van der Waals surface area contributed by atoms with Crippen LogP contribution in [0.5, 0.6) is 0 Å². The summed E-state index contributed by atoms with van der Waals surface area (Å²) in [6.07, 6.45) is -1.89. The molecule has 3 aliphatic rings. The Balaban J connectivity index is 1.33. The minimum absolute atomic E-state index is 0.00924. The summed E-state index contributed by atoms with van der Waals surface area (Å²) in [5.41, 5.74) is 1.61. The van der Waals surface area contributed by atoms with E-state index in [1.807, 2.05) is 29.8 Å². The summed E-state index contributed by atoms with van der Waals surface area (Å²) in [5.74, 6) is 0.506.